The molecule has 20 heavy (non-hydrogen) atoms. The first-order valence-corrected chi connectivity index (χ1v) is 7.22. The van der Waals surface area contributed by atoms with Gasteiger partial charge in [0, 0.05) is 29.1 Å². The molecule has 0 amide bonds. The number of hydrogen-bond donors (Lipinski definition) is 1. The fraction of sp³-hybridized carbons (Fsp3) is 0.438. The predicted octanol–water partition coefficient (Wildman–Crippen LogP) is 3.89. The molecule has 0 fully saturated rings. The van der Waals surface area contributed by atoms with Gasteiger partial charge in [0.15, 0.2) is 0 Å². The molecule has 1 aromatic carbocycles. The summed E-state index contributed by atoms with van der Waals surface area (Å²) < 4.78 is 5.25. The Bertz CT molecular complexity index is 676. The molecule has 0 aliphatic carbocycles. The Balaban J connectivity index is 2.42. The lowest BCUT2D eigenvalue weighted by molar-refractivity contribution is 0.426. The molecular weight excluding hydrogens is 274 g/mol. The number of aryl methyl sites for hydroxylation is 1. The van der Waals surface area contributed by atoms with Crippen LogP contribution in [0.25, 0.3) is 11.0 Å². The van der Waals surface area contributed by atoms with Crippen molar-refractivity contribution in [2.24, 2.45) is 5.92 Å². The van der Waals surface area contributed by atoms with Crippen LogP contribution in [0, 0.1) is 12.8 Å². The molecule has 0 radical (unpaired) electrons. The zero-order valence-electron chi connectivity index (χ0n) is 12.3. The van der Waals surface area contributed by atoms with Crippen molar-refractivity contribution in [3.05, 3.63) is 44.8 Å². The van der Waals surface area contributed by atoms with E-state index in [4.69, 9.17) is 16.0 Å². The zero-order chi connectivity index (χ0) is 14.9. The lowest BCUT2D eigenvalue weighted by Crippen LogP contribution is -2.30. The summed E-state index contributed by atoms with van der Waals surface area (Å²) in [5.74, 6) is 0.534. The van der Waals surface area contributed by atoms with Gasteiger partial charge < -0.3 is 9.73 Å². The standard InChI is InChI=1S/C16H20ClNO2/c1-9(2)11(4)18-8-12-6-16(19)20-15-5-10(3)14(17)7-13(12)15/h5-7,9,11,18H,8H2,1-4H3/t11-/m0/s1. The molecule has 1 heterocycles. The normalized spacial score (nSPS) is 13.1. The lowest BCUT2D eigenvalue weighted by Gasteiger charge is -2.18. The van der Waals surface area contributed by atoms with E-state index in [1.54, 1.807) is 0 Å². The molecule has 0 aliphatic rings. The van der Waals surface area contributed by atoms with Gasteiger partial charge in [-0.1, -0.05) is 25.4 Å². The van der Waals surface area contributed by atoms with Crippen LogP contribution >= 0.6 is 11.6 Å². The van der Waals surface area contributed by atoms with Crippen LogP contribution in [0.15, 0.2) is 27.4 Å². The number of benzene rings is 1. The van der Waals surface area contributed by atoms with E-state index in [0.717, 1.165) is 16.5 Å². The second-order valence-electron chi connectivity index (χ2n) is 5.60. The fourth-order valence-electron chi connectivity index (χ4n) is 2.00. The molecule has 3 nitrogen and oxygen atoms in total. The summed E-state index contributed by atoms with van der Waals surface area (Å²) >= 11 is 6.17. The SMILES string of the molecule is Cc1cc2oc(=O)cc(CN[C@@H](C)C(C)C)c2cc1Cl. The maximum atomic E-state index is 11.7. The van der Waals surface area contributed by atoms with E-state index >= 15 is 0 Å². The second kappa shape index (κ2) is 5.98. The van der Waals surface area contributed by atoms with Crippen molar-refractivity contribution in [3.8, 4) is 0 Å². The van der Waals surface area contributed by atoms with Gasteiger partial charge >= 0.3 is 5.63 Å². The fourth-order valence-corrected chi connectivity index (χ4v) is 2.16. The van der Waals surface area contributed by atoms with Crippen molar-refractivity contribution in [1.29, 1.82) is 0 Å². The van der Waals surface area contributed by atoms with E-state index in [1.807, 2.05) is 19.1 Å². The van der Waals surface area contributed by atoms with Crippen LogP contribution in [-0.2, 0) is 6.54 Å². The topological polar surface area (TPSA) is 42.2 Å². The molecule has 0 bridgehead atoms. The highest BCUT2D eigenvalue weighted by molar-refractivity contribution is 6.32. The lowest BCUT2D eigenvalue weighted by atomic mass is 10.0. The third-order valence-corrected chi connectivity index (χ3v) is 4.13. The molecule has 2 rings (SSSR count). The summed E-state index contributed by atoms with van der Waals surface area (Å²) in [6.45, 7) is 8.98. The Morgan fingerprint density at radius 1 is 1.25 bits per heavy atom. The van der Waals surface area contributed by atoms with E-state index in [2.05, 4.69) is 26.1 Å². The minimum Gasteiger partial charge on any atom is -0.423 e. The average Bonchev–Trinajstić information content (AvgIpc) is 2.37. The highest BCUT2D eigenvalue weighted by Crippen LogP contribution is 2.25. The number of fused-ring (bicyclic) bond motifs is 1. The monoisotopic (exact) mass is 293 g/mol. The quantitative estimate of drug-likeness (QED) is 0.870. The maximum absolute atomic E-state index is 11.7. The van der Waals surface area contributed by atoms with Crippen LogP contribution < -0.4 is 10.9 Å². The number of halogens is 1. The highest BCUT2D eigenvalue weighted by atomic mass is 35.5. The van der Waals surface area contributed by atoms with Crippen molar-refractivity contribution in [3.63, 3.8) is 0 Å². The first kappa shape index (κ1) is 15.1. The van der Waals surface area contributed by atoms with Gasteiger partial charge in [0.05, 0.1) is 0 Å². The molecule has 108 valence electrons. The van der Waals surface area contributed by atoms with E-state index < -0.39 is 0 Å². The summed E-state index contributed by atoms with van der Waals surface area (Å²) in [6.07, 6.45) is 0. The minimum atomic E-state index is -0.326. The molecular formula is C16H20ClNO2. The highest BCUT2D eigenvalue weighted by Gasteiger charge is 2.11. The first-order valence-electron chi connectivity index (χ1n) is 6.84. The summed E-state index contributed by atoms with van der Waals surface area (Å²) in [5, 5.41) is 5.01. The van der Waals surface area contributed by atoms with Crippen LogP contribution in [0.2, 0.25) is 5.02 Å². The van der Waals surface area contributed by atoms with Gasteiger partial charge in [-0.25, -0.2) is 4.79 Å². The van der Waals surface area contributed by atoms with Crippen molar-refractivity contribution < 1.29 is 4.42 Å². The van der Waals surface area contributed by atoms with E-state index in [-0.39, 0.29) is 5.63 Å². The maximum Gasteiger partial charge on any atom is 0.336 e. The molecule has 4 heteroatoms. The van der Waals surface area contributed by atoms with E-state index in [0.29, 0.717) is 29.1 Å². The Morgan fingerprint density at radius 3 is 2.60 bits per heavy atom. The van der Waals surface area contributed by atoms with Gasteiger partial charge in [0.2, 0.25) is 0 Å². The van der Waals surface area contributed by atoms with Gasteiger partial charge in [0.25, 0.3) is 0 Å². The van der Waals surface area contributed by atoms with Gasteiger partial charge in [-0.05, 0) is 43.0 Å². The molecule has 1 aromatic heterocycles. The summed E-state index contributed by atoms with van der Waals surface area (Å²) in [5.41, 5.74) is 2.09. The number of hydrogen-bond acceptors (Lipinski definition) is 3. The van der Waals surface area contributed by atoms with E-state index in [9.17, 15) is 4.79 Å². The molecule has 0 unspecified atom stereocenters. The molecule has 0 saturated heterocycles. The van der Waals surface area contributed by atoms with E-state index in [1.165, 1.54) is 6.07 Å². The Morgan fingerprint density at radius 2 is 1.95 bits per heavy atom. The summed E-state index contributed by atoms with van der Waals surface area (Å²) in [6, 6.07) is 5.59. The Hall–Kier alpha value is -1.32. The molecule has 2 aromatic rings. The van der Waals surface area contributed by atoms with Crippen molar-refractivity contribution >= 4 is 22.6 Å². The summed E-state index contributed by atoms with van der Waals surface area (Å²) in [4.78, 5) is 11.7. The second-order valence-corrected chi connectivity index (χ2v) is 6.01. The van der Waals surface area contributed by atoms with Crippen molar-refractivity contribution in [2.45, 2.75) is 40.3 Å². The van der Waals surface area contributed by atoms with Crippen molar-refractivity contribution in [2.75, 3.05) is 0 Å². The van der Waals surface area contributed by atoms with Crippen LogP contribution in [0.5, 0.6) is 0 Å². The first-order chi connectivity index (χ1) is 9.38. The minimum absolute atomic E-state index is 0.326. The number of rotatable bonds is 4. The Labute approximate surface area is 123 Å². The molecule has 1 N–H and O–H groups in total. The molecule has 0 saturated carbocycles. The smallest absolute Gasteiger partial charge is 0.336 e. The third-order valence-electron chi connectivity index (χ3n) is 3.72. The number of nitrogens with one attached hydrogen (secondary N) is 1. The van der Waals surface area contributed by atoms with Gasteiger partial charge in [-0.15, -0.1) is 0 Å². The average molecular weight is 294 g/mol. The van der Waals surface area contributed by atoms with Gasteiger partial charge in [-0.2, -0.15) is 0 Å². The largest absolute Gasteiger partial charge is 0.423 e. The van der Waals surface area contributed by atoms with Crippen molar-refractivity contribution in [1.82, 2.24) is 5.32 Å². The van der Waals surface area contributed by atoms with Crippen LogP contribution in [0.4, 0.5) is 0 Å². The van der Waals surface area contributed by atoms with Gasteiger partial charge in [0.1, 0.15) is 5.58 Å². The van der Waals surface area contributed by atoms with Crippen LogP contribution in [-0.4, -0.2) is 6.04 Å². The van der Waals surface area contributed by atoms with Crippen LogP contribution in [0.3, 0.4) is 0 Å². The molecule has 0 aliphatic heterocycles. The molecule has 0 spiro atoms. The zero-order valence-corrected chi connectivity index (χ0v) is 13.0. The third kappa shape index (κ3) is 3.22. The van der Waals surface area contributed by atoms with Crippen LogP contribution in [0.1, 0.15) is 31.9 Å². The van der Waals surface area contributed by atoms with Gasteiger partial charge in [-0.3, -0.25) is 0 Å². The summed E-state index contributed by atoms with van der Waals surface area (Å²) in [7, 11) is 0. The molecule has 1 atom stereocenters. The predicted molar refractivity (Wildman–Crippen MR) is 83.4 cm³/mol. The Kier molecular flexibility index (Phi) is 4.51.